The molecule has 0 N–H and O–H groups in total. The molecule has 4 aromatic rings. The molecule has 1 aliphatic rings. The summed E-state index contributed by atoms with van der Waals surface area (Å²) >= 11 is 1.66. The van der Waals surface area contributed by atoms with Crippen molar-refractivity contribution in [3.8, 4) is 5.75 Å². The number of nitrogens with zero attached hydrogens (tertiary/aromatic N) is 2. The number of thiophene rings is 1. The van der Waals surface area contributed by atoms with E-state index in [9.17, 15) is 14.0 Å². The summed E-state index contributed by atoms with van der Waals surface area (Å²) in [5.41, 5.74) is 2.59. The van der Waals surface area contributed by atoms with Gasteiger partial charge < -0.3 is 19.0 Å². The molecule has 0 aliphatic carbocycles. The van der Waals surface area contributed by atoms with Crippen molar-refractivity contribution in [2.24, 2.45) is 0 Å². The van der Waals surface area contributed by atoms with Crippen molar-refractivity contribution in [1.29, 1.82) is 0 Å². The first kappa shape index (κ1) is 24.8. The van der Waals surface area contributed by atoms with E-state index in [1.807, 2.05) is 30.5 Å². The largest absolute Gasteiger partial charge is 0.491 e. The number of hydrogen-bond donors (Lipinski definition) is 0. The number of carbonyl (C=O) groups excluding carboxylic acids is 2. The monoisotopic (exact) mass is 518 g/mol. The van der Waals surface area contributed by atoms with Gasteiger partial charge in [0.1, 0.15) is 30.5 Å². The topological polar surface area (TPSA) is 63.0 Å². The maximum Gasteiger partial charge on any atom is 0.254 e. The van der Waals surface area contributed by atoms with E-state index < -0.39 is 0 Å². The van der Waals surface area contributed by atoms with E-state index in [1.165, 1.54) is 21.9 Å². The van der Waals surface area contributed by atoms with Crippen LogP contribution in [0.1, 0.15) is 38.2 Å². The van der Waals surface area contributed by atoms with E-state index >= 15 is 0 Å². The van der Waals surface area contributed by atoms with Crippen molar-refractivity contribution in [2.75, 3.05) is 19.7 Å². The fourth-order valence-electron chi connectivity index (χ4n) is 4.53. The summed E-state index contributed by atoms with van der Waals surface area (Å²) in [4.78, 5) is 31.7. The number of halogens is 1. The Morgan fingerprint density at radius 1 is 1.14 bits per heavy atom. The van der Waals surface area contributed by atoms with E-state index in [2.05, 4.69) is 0 Å². The highest BCUT2D eigenvalue weighted by Gasteiger charge is 2.34. The Hall–Kier alpha value is -3.91. The van der Waals surface area contributed by atoms with Crippen LogP contribution < -0.4 is 4.74 Å². The van der Waals surface area contributed by atoms with Crippen molar-refractivity contribution < 1.29 is 23.1 Å². The fraction of sp³-hybridized carbons (Fsp3) is 0.241. The second-order valence-electron chi connectivity index (χ2n) is 9.03. The lowest BCUT2D eigenvalue weighted by molar-refractivity contribution is -0.135. The van der Waals surface area contributed by atoms with Crippen molar-refractivity contribution in [3.63, 3.8) is 0 Å². The summed E-state index contributed by atoms with van der Waals surface area (Å²) < 4.78 is 25.1. The number of fused-ring (bicyclic) bond motifs is 1. The van der Waals surface area contributed by atoms with Gasteiger partial charge in [-0.25, -0.2) is 4.39 Å². The molecular formula is C29H27FN2O4S. The minimum Gasteiger partial charge on any atom is -0.491 e. The van der Waals surface area contributed by atoms with Crippen LogP contribution in [0.2, 0.25) is 0 Å². The summed E-state index contributed by atoms with van der Waals surface area (Å²) in [5, 5.41) is 2.01. The molecule has 0 saturated carbocycles. The van der Waals surface area contributed by atoms with Crippen LogP contribution in [0, 0.1) is 12.7 Å². The van der Waals surface area contributed by atoms with E-state index in [0.29, 0.717) is 23.6 Å². The second kappa shape index (κ2) is 11.0. The number of aryl methyl sites for hydroxylation is 1. The van der Waals surface area contributed by atoms with Crippen LogP contribution in [0.15, 0.2) is 82.8 Å². The van der Waals surface area contributed by atoms with E-state index in [1.54, 1.807) is 58.9 Å². The van der Waals surface area contributed by atoms with Crippen LogP contribution in [0.5, 0.6) is 5.75 Å². The van der Waals surface area contributed by atoms with Gasteiger partial charge in [0.2, 0.25) is 5.91 Å². The first-order chi connectivity index (χ1) is 18.0. The third-order valence-electron chi connectivity index (χ3n) is 6.46. The van der Waals surface area contributed by atoms with Crippen molar-refractivity contribution >= 4 is 23.2 Å². The lowest BCUT2D eigenvalue weighted by Gasteiger charge is -2.37. The van der Waals surface area contributed by atoms with Crippen LogP contribution in [0.25, 0.3) is 0 Å². The third-order valence-corrected chi connectivity index (χ3v) is 7.45. The normalized spacial score (nSPS) is 14.8. The van der Waals surface area contributed by atoms with Crippen LogP contribution in [0.3, 0.4) is 0 Å². The quantitative estimate of drug-likeness (QED) is 0.303. The fourth-order valence-corrected chi connectivity index (χ4v) is 5.46. The van der Waals surface area contributed by atoms with Crippen LogP contribution in [-0.2, 0) is 17.8 Å². The molecule has 0 saturated heterocycles. The van der Waals surface area contributed by atoms with Crippen LogP contribution >= 0.6 is 11.3 Å². The Morgan fingerprint density at radius 3 is 2.73 bits per heavy atom. The predicted molar refractivity (Wildman–Crippen MR) is 139 cm³/mol. The average Bonchev–Trinajstić information content (AvgIpc) is 3.59. The summed E-state index contributed by atoms with van der Waals surface area (Å²) in [7, 11) is 0. The highest BCUT2D eigenvalue weighted by molar-refractivity contribution is 7.10. The number of rotatable bonds is 8. The Balaban J connectivity index is 1.37. The number of furan rings is 1. The lowest BCUT2D eigenvalue weighted by Crippen LogP contribution is -2.47. The highest BCUT2D eigenvalue weighted by atomic mass is 32.1. The molecule has 190 valence electrons. The number of ether oxygens (including phenoxy) is 1. The number of amides is 2. The highest BCUT2D eigenvalue weighted by Crippen LogP contribution is 2.34. The van der Waals surface area contributed by atoms with Gasteiger partial charge in [0, 0.05) is 23.1 Å². The van der Waals surface area contributed by atoms with Gasteiger partial charge in [-0.2, -0.15) is 0 Å². The third kappa shape index (κ3) is 5.75. The maximum atomic E-state index is 13.7. The second-order valence-corrected chi connectivity index (χ2v) is 10.0. The molecule has 0 spiro atoms. The van der Waals surface area contributed by atoms with Crippen molar-refractivity contribution in [3.05, 3.63) is 112 Å². The standard InChI is InChI=1S/C29H27FN2O4S/c1-20-7-9-21(10-8-20)29(34)31(17-24-6-3-14-35-24)18-28(33)32-13-11-27-25(12-15-37-27)26(32)19-36-23-5-2-4-22(30)16-23/h2-10,12,14-16,26H,11,13,17-19H2,1H3/t26-/m1/s1. The maximum absolute atomic E-state index is 13.7. The molecule has 37 heavy (non-hydrogen) atoms. The van der Waals surface area contributed by atoms with Crippen molar-refractivity contribution in [2.45, 2.75) is 25.9 Å². The molecule has 0 unspecified atom stereocenters. The zero-order valence-electron chi connectivity index (χ0n) is 20.4. The predicted octanol–water partition coefficient (Wildman–Crippen LogP) is 5.64. The summed E-state index contributed by atoms with van der Waals surface area (Å²) in [6, 6.07) is 18.5. The summed E-state index contributed by atoms with van der Waals surface area (Å²) in [6.45, 7) is 2.72. The van der Waals surface area contributed by atoms with Gasteiger partial charge in [-0.3, -0.25) is 9.59 Å². The summed E-state index contributed by atoms with van der Waals surface area (Å²) in [6.07, 6.45) is 2.29. The zero-order chi connectivity index (χ0) is 25.8. The smallest absolute Gasteiger partial charge is 0.254 e. The molecule has 2 aromatic heterocycles. The molecule has 2 aromatic carbocycles. The SMILES string of the molecule is Cc1ccc(C(=O)N(CC(=O)N2CCc3sccc3[C@H]2COc2cccc(F)c2)Cc2ccco2)cc1. The van der Waals surface area contributed by atoms with Crippen LogP contribution in [-0.4, -0.2) is 41.3 Å². The number of carbonyl (C=O) groups is 2. The molecule has 2 amide bonds. The van der Waals surface area contributed by atoms with E-state index in [0.717, 1.165) is 17.5 Å². The molecule has 8 heteroatoms. The van der Waals surface area contributed by atoms with Gasteiger partial charge in [-0.05, 0) is 66.8 Å². The Kier molecular flexibility index (Phi) is 7.37. The minimum atomic E-state index is -0.381. The van der Waals surface area contributed by atoms with Crippen LogP contribution in [0.4, 0.5) is 4.39 Å². The molecule has 0 radical (unpaired) electrons. The Morgan fingerprint density at radius 2 is 1.97 bits per heavy atom. The lowest BCUT2D eigenvalue weighted by atomic mass is 10.0. The minimum absolute atomic E-state index is 0.108. The molecule has 1 atom stereocenters. The Labute approximate surface area is 218 Å². The Bertz CT molecular complexity index is 1370. The molecule has 3 heterocycles. The van der Waals surface area contributed by atoms with Gasteiger partial charge in [0.25, 0.3) is 5.91 Å². The molecule has 5 rings (SSSR count). The number of hydrogen-bond acceptors (Lipinski definition) is 5. The average molecular weight is 519 g/mol. The van der Waals surface area contributed by atoms with Crippen molar-refractivity contribution in [1.82, 2.24) is 9.80 Å². The molecule has 0 fully saturated rings. The first-order valence-corrected chi connectivity index (χ1v) is 13.0. The molecule has 6 nitrogen and oxygen atoms in total. The van der Waals surface area contributed by atoms with Gasteiger partial charge in [-0.15, -0.1) is 11.3 Å². The molecular weight excluding hydrogens is 491 g/mol. The summed E-state index contributed by atoms with van der Waals surface area (Å²) in [5.74, 6) is 0.192. The molecule has 0 bridgehead atoms. The van der Waals surface area contributed by atoms with Gasteiger partial charge >= 0.3 is 0 Å². The van der Waals surface area contributed by atoms with Gasteiger partial charge in [-0.1, -0.05) is 23.8 Å². The van der Waals surface area contributed by atoms with Gasteiger partial charge in [0.15, 0.2) is 0 Å². The van der Waals surface area contributed by atoms with E-state index in [4.69, 9.17) is 9.15 Å². The van der Waals surface area contributed by atoms with E-state index in [-0.39, 0.29) is 43.4 Å². The molecule has 1 aliphatic heterocycles. The first-order valence-electron chi connectivity index (χ1n) is 12.1. The zero-order valence-corrected chi connectivity index (χ0v) is 21.2. The number of benzene rings is 2. The van der Waals surface area contributed by atoms with Gasteiger partial charge in [0.05, 0.1) is 18.8 Å².